The molecule has 1 nitrogen and oxygen atoms in total. The summed E-state index contributed by atoms with van der Waals surface area (Å²) in [4.78, 5) is 0. The van der Waals surface area contributed by atoms with E-state index in [1.54, 1.807) is 0 Å². The Balaban J connectivity index is 2.02. The molecule has 0 atom stereocenters. The van der Waals surface area contributed by atoms with Crippen molar-refractivity contribution in [2.24, 2.45) is 17.1 Å². The van der Waals surface area contributed by atoms with Gasteiger partial charge in [-0.1, -0.05) is 19.3 Å². The average Bonchev–Trinajstić information content (AvgIpc) is 2.34. The summed E-state index contributed by atoms with van der Waals surface area (Å²) in [5, 5.41) is 0. The molecular weight excluding hydrogens is 134 g/mol. The highest BCUT2D eigenvalue weighted by Crippen LogP contribution is 2.51. The van der Waals surface area contributed by atoms with Crippen LogP contribution in [-0.4, -0.2) is 6.54 Å². The second-order valence-corrected chi connectivity index (χ2v) is 4.40. The van der Waals surface area contributed by atoms with Gasteiger partial charge in [-0.05, 0) is 43.6 Å². The van der Waals surface area contributed by atoms with Gasteiger partial charge >= 0.3 is 0 Å². The first-order valence-electron chi connectivity index (χ1n) is 5.07. The molecular formula is C10H19N. The van der Waals surface area contributed by atoms with Gasteiger partial charge in [-0.25, -0.2) is 0 Å². The summed E-state index contributed by atoms with van der Waals surface area (Å²) < 4.78 is 0. The minimum Gasteiger partial charge on any atom is -0.330 e. The first kappa shape index (κ1) is 7.60. The maximum atomic E-state index is 5.88. The zero-order chi connectivity index (χ0) is 7.73. The highest BCUT2D eigenvalue weighted by atomic mass is 14.6. The van der Waals surface area contributed by atoms with Gasteiger partial charge in [0, 0.05) is 0 Å². The molecule has 64 valence electrons. The zero-order valence-electron chi connectivity index (χ0n) is 7.31. The summed E-state index contributed by atoms with van der Waals surface area (Å²) in [5.41, 5.74) is 6.49. The Morgan fingerprint density at radius 2 is 1.73 bits per heavy atom. The Morgan fingerprint density at radius 3 is 2.09 bits per heavy atom. The monoisotopic (exact) mass is 153 g/mol. The van der Waals surface area contributed by atoms with E-state index in [1.165, 1.54) is 44.9 Å². The van der Waals surface area contributed by atoms with Crippen LogP contribution in [0, 0.1) is 11.3 Å². The molecule has 11 heavy (non-hydrogen) atoms. The van der Waals surface area contributed by atoms with Crippen LogP contribution >= 0.6 is 0 Å². The minimum absolute atomic E-state index is 0.609. The lowest BCUT2D eigenvalue weighted by atomic mass is 9.64. The van der Waals surface area contributed by atoms with Crippen molar-refractivity contribution in [2.75, 3.05) is 6.54 Å². The molecule has 0 bridgehead atoms. The molecule has 2 saturated carbocycles. The molecule has 1 heteroatoms. The van der Waals surface area contributed by atoms with Crippen LogP contribution in [0.3, 0.4) is 0 Å². The molecule has 0 unspecified atom stereocenters. The topological polar surface area (TPSA) is 26.0 Å². The number of hydrogen-bond acceptors (Lipinski definition) is 1. The fourth-order valence-electron chi connectivity index (χ4n) is 2.88. The van der Waals surface area contributed by atoms with Crippen LogP contribution in [0.5, 0.6) is 0 Å². The van der Waals surface area contributed by atoms with Crippen molar-refractivity contribution in [3.63, 3.8) is 0 Å². The SMILES string of the molecule is NCC1(C2CCC2)CCCC1. The van der Waals surface area contributed by atoms with Gasteiger partial charge in [0.25, 0.3) is 0 Å². The van der Waals surface area contributed by atoms with E-state index in [4.69, 9.17) is 5.73 Å². The predicted molar refractivity (Wildman–Crippen MR) is 47.3 cm³/mol. The summed E-state index contributed by atoms with van der Waals surface area (Å²) in [7, 11) is 0. The Morgan fingerprint density at radius 1 is 1.09 bits per heavy atom. The van der Waals surface area contributed by atoms with E-state index in [-0.39, 0.29) is 0 Å². The Hall–Kier alpha value is -0.0400. The first-order chi connectivity index (χ1) is 5.37. The Labute approximate surface area is 69.4 Å². The standard InChI is InChI=1S/C10H19N/c11-8-10(6-1-2-7-10)9-4-3-5-9/h9H,1-8,11H2. The second-order valence-electron chi connectivity index (χ2n) is 4.40. The highest BCUT2D eigenvalue weighted by molar-refractivity contribution is 4.94. The molecule has 0 spiro atoms. The minimum atomic E-state index is 0.609. The molecule has 2 fully saturated rings. The molecule has 0 radical (unpaired) electrons. The summed E-state index contributed by atoms with van der Waals surface area (Å²) in [5.74, 6) is 1.01. The lowest BCUT2D eigenvalue weighted by Gasteiger charge is -2.42. The summed E-state index contributed by atoms with van der Waals surface area (Å²) >= 11 is 0. The molecule has 2 aliphatic rings. The normalized spacial score (nSPS) is 30.3. The average molecular weight is 153 g/mol. The van der Waals surface area contributed by atoms with Crippen LogP contribution in [-0.2, 0) is 0 Å². The third-order valence-corrected chi connectivity index (χ3v) is 3.98. The molecule has 2 N–H and O–H groups in total. The number of nitrogens with two attached hydrogens (primary N) is 1. The van der Waals surface area contributed by atoms with E-state index in [9.17, 15) is 0 Å². The van der Waals surface area contributed by atoms with Gasteiger partial charge in [0.05, 0.1) is 0 Å². The Kier molecular flexibility index (Phi) is 1.92. The maximum Gasteiger partial charge on any atom is -0.00179 e. The van der Waals surface area contributed by atoms with E-state index in [2.05, 4.69) is 0 Å². The van der Waals surface area contributed by atoms with Crippen LogP contribution < -0.4 is 5.73 Å². The maximum absolute atomic E-state index is 5.88. The second kappa shape index (κ2) is 2.78. The molecule has 0 aromatic heterocycles. The molecule has 0 heterocycles. The van der Waals surface area contributed by atoms with Crippen molar-refractivity contribution in [1.29, 1.82) is 0 Å². The smallest absolute Gasteiger partial charge is 0.00179 e. The lowest BCUT2D eigenvalue weighted by Crippen LogP contribution is -2.39. The van der Waals surface area contributed by atoms with Crippen molar-refractivity contribution in [2.45, 2.75) is 44.9 Å². The molecule has 0 aromatic rings. The zero-order valence-corrected chi connectivity index (χ0v) is 7.31. The van der Waals surface area contributed by atoms with Crippen LogP contribution in [0.15, 0.2) is 0 Å². The van der Waals surface area contributed by atoms with E-state index < -0.39 is 0 Å². The van der Waals surface area contributed by atoms with E-state index >= 15 is 0 Å². The van der Waals surface area contributed by atoms with Gasteiger partial charge in [0.2, 0.25) is 0 Å². The van der Waals surface area contributed by atoms with Gasteiger partial charge in [-0.3, -0.25) is 0 Å². The molecule has 2 rings (SSSR count). The molecule has 0 saturated heterocycles. The fourth-order valence-corrected chi connectivity index (χ4v) is 2.88. The van der Waals surface area contributed by atoms with Gasteiger partial charge < -0.3 is 5.73 Å². The van der Waals surface area contributed by atoms with Crippen LogP contribution in [0.1, 0.15) is 44.9 Å². The van der Waals surface area contributed by atoms with Gasteiger partial charge in [-0.15, -0.1) is 0 Å². The largest absolute Gasteiger partial charge is 0.330 e. The predicted octanol–water partition coefficient (Wildman–Crippen LogP) is 2.31. The lowest BCUT2D eigenvalue weighted by molar-refractivity contribution is 0.0971. The first-order valence-corrected chi connectivity index (χ1v) is 5.07. The summed E-state index contributed by atoms with van der Waals surface area (Å²) in [6, 6.07) is 0. The van der Waals surface area contributed by atoms with Crippen molar-refractivity contribution in [3.8, 4) is 0 Å². The molecule has 0 amide bonds. The summed E-state index contributed by atoms with van der Waals surface area (Å²) in [6.07, 6.45) is 10.1. The third kappa shape index (κ3) is 1.10. The van der Waals surface area contributed by atoms with Crippen molar-refractivity contribution < 1.29 is 0 Å². The van der Waals surface area contributed by atoms with Crippen molar-refractivity contribution in [3.05, 3.63) is 0 Å². The van der Waals surface area contributed by atoms with Crippen LogP contribution in [0.4, 0.5) is 0 Å². The Bertz CT molecular complexity index is 132. The molecule has 0 aromatic carbocycles. The van der Waals surface area contributed by atoms with Crippen LogP contribution in [0.25, 0.3) is 0 Å². The third-order valence-electron chi connectivity index (χ3n) is 3.98. The van der Waals surface area contributed by atoms with Crippen LogP contribution in [0.2, 0.25) is 0 Å². The van der Waals surface area contributed by atoms with Gasteiger partial charge in [0.15, 0.2) is 0 Å². The number of rotatable bonds is 2. The quantitative estimate of drug-likeness (QED) is 0.647. The molecule has 2 aliphatic carbocycles. The number of hydrogen-bond donors (Lipinski definition) is 1. The van der Waals surface area contributed by atoms with E-state index in [0.717, 1.165) is 12.5 Å². The molecule has 0 aliphatic heterocycles. The van der Waals surface area contributed by atoms with Gasteiger partial charge in [0.1, 0.15) is 0 Å². The van der Waals surface area contributed by atoms with Crippen molar-refractivity contribution in [1.82, 2.24) is 0 Å². The fraction of sp³-hybridized carbons (Fsp3) is 1.00. The van der Waals surface area contributed by atoms with E-state index in [1.807, 2.05) is 0 Å². The highest BCUT2D eigenvalue weighted by Gasteiger charge is 2.42. The van der Waals surface area contributed by atoms with Gasteiger partial charge in [-0.2, -0.15) is 0 Å². The van der Waals surface area contributed by atoms with Crippen molar-refractivity contribution >= 4 is 0 Å². The van der Waals surface area contributed by atoms with E-state index in [0.29, 0.717) is 5.41 Å². The summed E-state index contributed by atoms with van der Waals surface area (Å²) in [6.45, 7) is 0.956.